The Balaban J connectivity index is 1.72. The highest BCUT2D eigenvalue weighted by atomic mass is 16.3. The van der Waals surface area contributed by atoms with Crippen molar-refractivity contribution in [2.24, 2.45) is 5.92 Å². The second-order valence-corrected chi connectivity index (χ2v) is 9.75. The molecule has 4 heteroatoms. The number of benzene rings is 2. The molecule has 0 saturated carbocycles. The number of hydrogen-bond acceptors (Lipinski definition) is 4. The van der Waals surface area contributed by atoms with Gasteiger partial charge in [-0.2, -0.15) is 5.26 Å². The summed E-state index contributed by atoms with van der Waals surface area (Å²) in [7, 11) is 0. The van der Waals surface area contributed by atoms with E-state index in [0.29, 0.717) is 18.0 Å². The quantitative estimate of drug-likeness (QED) is 0.240. The molecule has 4 nitrogen and oxygen atoms in total. The summed E-state index contributed by atoms with van der Waals surface area (Å²) in [5.74, 6) is 1.15. The van der Waals surface area contributed by atoms with E-state index in [9.17, 15) is 5.26 Å². The molecule has 2 heterocycles. The van der Waals surface area contributed by atoms with Crippen LogP contribution in [0.5, 0.6) is 0 Å². The number of rotatable bonds is 8. The standard InChI is InChI=1S/C33H35N3O/c1-24(2)25(3)21-30(28-13-8-6-9-14-28)31(22-34)26(4)35-18-19-36(27(5)33-17-12-20-37-33)32(23-35)29-15-10-7-11-16-29/h6-17,20-21,24,32H,4-5,18-19,23H2,1-3H3/b25-21+,31-30+. The minimum absolute atomic E-state index is 0.0392. The van der Waals surface area contributed by atoms with Crippen LogP contribution in [0.2, 0.25) is 0 Å². The molecule has 1 saturated heterocycles. The molecule has 1 unspecified atom stereocenters. The summed E-state index contributed by atoms with van der Waals surface area (Å²) in [6, 6.07) is 26.9. The van der Waals surface area contributed by atoms with E-state index in [1.165, 1.54) is 11.1 Å². The first kappa shape index (κ1) is 25.9. The fourth-order valence-electron chi connectivity index (χ4n) is 4.65. The van der Waals surface area contributed by atoms with Crippen LogP contribution in [0.25, 0.3) is 11.3 Å². The third kappa shape index (κ3) is 5.78. The molecule has 4 rings (SSSR count). The zero-order valence-corrected chi connectivity index (χ0v) is 22.0. The number of hydrogen-bond donors (Lipinski definition) is 0. The lowest BCUT2D eigenvalue weighted by molar-refractivity contribution is 0.149. The maximum atomic E-state index is 10.4. The van der Waals surface area contributed by atoms with Gasteiger partial charge in [0.25, 0.3) is 0 Å². The van der Waals surface area contributed by atoms with Gasteiger partial charge in [-0.15, -0.1) is 0 Å². The first-order valence-corrected chi connectivity index (χ1v) is 12.8. The summed E-state index contributed by atoms with van der Waals surface area (Å²) in [5, 5.41) is 10.4. The van der Waals surface area contributed by atoms with Crippen LogP contribution >= 0.6 is 0 Å². The number of furan rings is 1. The van der Waals surface area contributed by atoms with Gasteiger partial charge < -0.3 is 14.2 Å². The Kier molecular flexibility index (Phi) is 8.15. The normalized spacial score (nSPS) is 16.8. The average molecular weight is 490 g/mol. The highest BCUT2D eigenvalue weighted by Crippen LogP contribution is 2.36. The fraction of sp³-hybridized carbons (Fsp3) is 0.242. The minimum atomic E-state index is 0.0392. The second-order valence-electron chi connectivity index (χ2n) is 9.75. The lowest BCUT2D eigenvalue weighted by Gasteiger charge is -2.45. The third-order valence-electron chi connectivity index (χ3n) is 7.14. The first-order valence-electron chi connectivity index (χ1n) is 12.8. The van der Waals surface area contributed by atoms with Crippen molar-refractivity contribution >= 4 is 11.3 Å². The van der Waals surface area contributed by atoms with Gasteiger partial charge in [0.1, 0.15) is 11.8 Å². The average Bonchev–Trinajstić information content (AvgIpc) is 3.48. The first-order chi connectivity index (χ1) is 17.9. The monoisotopic (exact) mass is 489 g/mol. The van der Waals surface area contributed by atoms with Crippen molar-refractivity contribution < 1.29 is 4.42 Å². The molecule has 37 heavy (non-hydrogen) atoms. The third-order valence-corrected chi connectivity index (χ3v) is 7.14. The highest BCUT2D eigenvalue weighted by Gasteiger charge is 2.32. The molecule has 0 aliphatic carbocycles. The van der Waals surface area contributed by atoms with Gasteiger partial charge in [0.05, 0.1) is 23.6 Å². The Labute approximate surface area is 221 Å². The molecule has 0 radical (unpaired) electrons. The molecule has 0 bridgehead atoms. The van der Waals surface area contributed by atoms with E-state index < -0.39 is 0 Å². The second kappa shape index (κ2) is 11.7. The van der Waals surface area contributed by atoms with E-state index in [1.807, 2.05) is 36.4 Å². The van der Waals surface area contributed by atoms with Crippen molar-refractivity contribution in [3.05, 3.63) is 132 Å². The zero-order chi connectivity index (χ0) is 26.4. The SMILES string of the molecule is C=C(/C(C#N)=C(\C=C(/C)C(C)C)c1ccccc1)N1CCN(C(=C)c2ccco2)C(c2ccccc2)C1. The largest absolute Gasteiger partial charge is 0.463 e. The molecule has 1 aliphatic rings. The smallest absolute Gasteiger partial charge is 0.149 e. The predicted molar refractivity (Wildman–Crippen MR) is 152 cm³/mol. The van der Waals surface area contributed by atoms with Gasteiger partial charge >= 0.3 is 0 Å². The van der Waals surface area contributed by atoms with Crippen molar-refractivity contribution in [3.63, 3.8) is 0 Å². The van der Waals surface area contributed by atoms with Crippen LogP contribution in [-0.4, -0.2) is 29.4 Å². The zero-order valence-electron chi connectivity index (χ0n) is 22.0. The summed E-state index contributed by atoms with van der Waals surface area (Å²) in [6.45, 7) is 17.4. The van der Waals surface area contributed by atoms with Gasteiger partial charge in [-0.05, 0) is 36.1 Å². The topological polar surface area (TPSA) is 43.4 Å². The molecule has 188 valence electrons. The summed E-state index contributed by atoms with van der Waals surface area (Å²) in [4.78, 5) is 4.54. The Bertz CT molecular complexity index is 1330. The summed E-state index contributed by atoms with van der Waals surface area (Å²) >= 11 is 0. The molecule has 0 N–H and O–H groups in total. The Morgan fingerprint density at radius 3 is 2.27 bits per heavy atom. The molecule has 1 aliphatic heterocycles. The van der Waals surface area contributed by atoms with Gasteiger partial charge in [-0.3, -0.25) is 0 Å². The molecule has 2 aromatic carbocycles. The van der Waals surface area contributed by atoms with Crippen LogP contribution in [-0.2, 0) is 0 Å². The molecule has 1 fully saturated rings. The van der Waals surface area contributed by atoms with Crippen molar-refractivity contribution in [2.45, 2.75) is 26.8 Å². The number of allylic oxidation sites excluding steroid dienone is 4. The summed E-state index contributed by atoms with van der Waals surface area (Å²) in [6.07, 6.45) is 3.82. The van der Waals surface area contributed by atoms with Crippen LogP contribution in [0.15, 0.2) is 120 Å². The van der Waals surface area contributed by atoms with E-state index >= 15 is 0 Å². The number of nitrogens with zero attached hydrogens (tertiary/aromatic N) is 3. The van der Waals surface area contributed by atoms with Crippen LogP contribution in [0.4, 0.5) is 0 Å². The lowest BCUT2D eigenvalue weighted by atomic mass is 9.93. The van der Waals surface area contributed by atoms with E-state index in [1.54, 1.807) is 6.26 Å². The van der Waals surface area contributed by atoms with Crippen LogP contribution < -0.4 is 0 Å². The number of nitriles is 1. The van der Waals surface area contributed by atoms with E-state index in [4.69, 9.17) is 4.42 Å². The molecule has 1 atom stereocenters. The highest BCUT2D eigenvalue weighted by molar-refractivity contribution is 5.82. The van der Waals surface area contributed by atoms with Crippen molar-refractivity contribution in [1.29, 1.82) is 5.26 Å². The van der Waals surface area contributed by atoms with Crippen molar-refractivity contribution in [2.75, 3.05) is 19.6 Å². The molecule has 1 aromatic heterocycles. The van der Waals surface area contributed by atoms with Crippen LogP contribution in [0.3, 0.4) is 0 Å². The van der Waals surface area contributed by atoms with E-state index in [-0.39, 0.29) is 6.04 Å². The Morgan fingerprint density at radius 2 is 1.68 bits per heavy atom. The maximum absolute atomic E-state index is 10.4. The van der Waals surface area contributed by atoms with Crippen LogP contribution in [0.1, 0.15) is 43.7 Å². The van der Waals surface area contributed by atoms with E-state index in [0.717, 1.165) is 41.4 Å². The van der Waals surface area contributed by atoms with Gasteiger partial charge in [-0.25, -0.2) is 0 Å². The summed E-state index contributed by atoms with van der Waals surface area (Å²) in [5.41, 5.74) is 6.56. The summed E-state index contributed by atoms with van der Waals surface area (Å²) < 4.78 is 5.67. The van der Waals surface area contributed by atoms with E-state index in [2.05, 4.69) is 92.3 Å². The minimum Gasteiger partial charge on any atom is -0.463 e. The van der Waals surface area contributed by atoms with Crippen molar-refractivity contribution in [1.82, 2.24) is 9.80 Å². The van der Waals surface area contributed by atoms with Gasteiger partial charge in [-0.1, -0.05) is 99.3 Å². The van der Waals surface area contributed by atoms with Crippen LogP contribution in [0, 0.1) is 17.2 Å². The maximum Gasteiger partial charge on any atom is 0.149 e. The van der Waals surface area contributed by atoms with Gasteiger partial charge in [0.15, 0.2) is 0 Å². The fourth-order valence-corrected chi connectivity index (χ4v) is 4.65. The number of piperazine rings is 1. The molecule has 0 amide bonds. The molecular formula is C33H35N3O. The Hall–Kier alpha value is -4.23. The molecule has 3 aromatic rings. The lowest BCUT2D eigenvalue weighted by Crippen LogP contribution is -2.47. The molecular weight excluding hydrogens is 454 g/mol. The van der Waals surface area contributed by atoms with Gasteiger partial charge in [0.2, 0.25) is 0 Å². The Morgan fingerprint density at radius 1 is 1.00 bits per heavy atom. The van der Waals surface area contributed by atoms with Crippen molar-refractivity contribution in [3.8, 4) is 6.07 Å². The molecule has 0 spiro atoms. The van der Waals surface area contributed by atoms with Gasteiger partial charge in [0, 0.05) is 30.9 Å². The predicted octanol–water partition coefficient (Wildman–Crippen LogP) is 7.70.